The maximum absolute atomic E-state index is 9.75. The molecule has 1 unspecified atom stereocenters. The van der Waals surface area contributed by atoms with Crippen molar-refractivity contribution in [3.63, 3.8) is 0 Å². The molecular weight excluding hydrogens is 135 g/mol. The Balaban J connectivity index is 2.96. The molecule has 0 aromatic carbocycles. The summed E-state index contributed by atoms with van der Waals surface area (Å²) < 4.78 is 14.4. The number of hydrogen-bond acceptors (Lipinski definition) is 2. The van der Waals surface area contributed by atoms with Gasteiger partial charge in [-0.3, -0.25) is 4.52 Å². The third kappa shape index (κ3) is 5.94. The van der Waals surface area contributed by atoms with Crippen molar-refractivity contribution in [1.82, 2.24) is 0 Å². The SMILES string of the molecule is CCC(C)CCOP=O. The van der Waals surface area contributed by atoms with Crippen molar-refractivity contribution in [3.05, 3.63) is 0 Å². The zero-order valence-corrected chi connectivity index (χ0v) is 6.86. The van der Waals surface area contributed by atoms with Crippen molar-refractivity contribution in [2.24, 2.45) is 5.92 Å². The van der Waals surface area contributed by atoms with Crippen LogP contribution < -0.4 is 0 Å². The lowest BCUT2D eigenvalue weighted by Crippen LogP contribution is -1.95. The summed E-state index contributed by atoms with van der Waals surface area (Å²) in [4.78, 5) is 0. The molecule has 0 saturated heterocycles. The lowest BCUT2D eigenvalue weighted by atomic mass is 10.1. The van der Waals surface area contributed by atoms with E-state index in [4.69, 9.17) is 0 Å². The first-order valence-corrected chi connectivity index (χ1v) is 3.99. The fraction of sp³-hybridized carbons (Fsp3) is 1.00. The highest BCUT2D eigenvalue weighted by molar-refractivity contribution is 7.17. The molecule has 0 fully saturated rings. The van der Waals surface area contributed by atoms with E-state index in [1.807, 2.05) is 0 Å². The van der Waals surface area contributed by atoms with Crippen LogP contribution in [-0.4, -0.2) is 6.61 Å². The highest BCUT2D eigenvalue weighted by Gasteiger charge is 1.96. The third-order valence-corrected chi connectivity index (χ3v) is 1.74. The zero-order chi connectivity index (χ0) is 7.11. The van der Waals surface area contributed by atoms with Crippen LogP contribution in [0, 0.1) is 5.92 Å². The predicted octanol–water partition coefficient (Wildman–Crippen LogP) is 2.65. The quantitative estimate of drug-likeness (QED) is 0.442. The number of hydrogen-bond donors (Lipinski definition) is 0. The molecule has 0 aromatic rings. The molecule has 0 aliphatic rings. The molecule has 0 aliphatic heterocycles. The fourth-order valence-electron chi connectivity index (χ4n) is 0.495. The summed E-state index contributed by atoms with van der Waals surface area (Å²) in [6.07, 6.45) is 2.17. The van der Waals surface area contributed by atoms with E-state index in [1.54, 1.807) is 0 Å². The minimum Gasteiger partial charge on any atom is -0.294 e. The van der Waals surface area contributed by atoms with Gasteiger partial charge in [0.05, 0.1) is 6.61 Å². The highest BCUT2D eigenvalue weighted by atomic mass is 31.1. The van der Waals surface area contributed by atoms with Gasteiger partial charge in [-0.2, -0.15) is 0 Å². The summed E-state index contributed by atoms with van der Waals surface area (Å²) in [5.41, 5.74) is 0. The van der Waals surface area contributed by atoms with E-state index in [0.29, 0.717) is 12.5 Å². The van der Waals surface area contributed by atoms with Crippen LogP contribution in [0.15, 0.2) is 0 Å². The Hall–Kier alpha value is 0.0600. The average Bonchev–Trinajstić information content (AvgIpc) is 1.89. The summed E-state index contributed by atoms with van der Waals surface area (Å²) in [6.45, 7) is 4.91. The fourth-order valence-corrected chi connectivity index (χ4v) is 0.675. The van der Waals surface area contributed by atoms with Crippen LogP contribution >= 0.6 is 8.69 Å². The van der Waals surface area contributed by atoms with E-state index in [0.717, 1.165) is 6.42 Å². The second-order valence-electron chi connectivity index (χ2n) is 2.21. The molecule has 0 heterocycles. The molecule has 54 valence electrons. The Morgan fingerprint density at radius 3 is 2.78 bits per heavy atom. The van der Waals surface area contributed by atoms with Gasteiger partial charge in [-0.05, 0) is 12.3 Å². The molecule has 0 aromatic heterocycles. The van der Waals surface area contributed by atoms with Gasteiger partial charge in [0.15, 0.2) is 0 Å². The van der Waals surface area contributed by atoms with E-state index in [1.165, 1.54) is 6.42 Å². The molecule has 0 rings (SSSR count). The molecule has 0 saturated carbocycles. The van der Waals surface area contributed by atoms with Gasteiger partial charge >= 0.3 is 8.69 Å². The van der Waals surface area contributed by atoms with Gasteiger partial charge in [0, 0.05) is 0 Å². The van der Waals surface area contributed by atoms with Crippen molar-refractivity contribution in [2.45, 2.75) is 26.7 Å². The zero-order valence-electron chi connectivity index (χ0n) is 5.96. The standard InChI is InChI=1S/C6H13O2P/c1-3-6(2)4-5-8-9-7/h6H,3-5H2,1-2H3. The summed E-state index contributed by atoms with van der Waals surface area (Å²) in [5.74, 6) is 0.687. The molecule has 0 amide bonds. The van der Waals surface area contributed by atoms with E-state index < -0.39 is 0 Å². The van der Waals surface area contributed by atoms with Crippen LogP contribution in [0.4, 0.5) is 0 Å². The first-order valence-electron chi connectivity index (χ1n) is 3.25. The second-order valence-corrected chi connectivity index (χ2v) is 2.62. The summed E-state index contributed by atoms with van der Waals surface area (Å²) in [7, 11) is -0.194. The molecule has 0 N–H and O–H groups in total. The Morgan fingerprint density at radius 1 is 1.67 bits per heavy atom. The van der Waals surface area contributed by atoms with Gasteiger partial charge < -0.3 is 0 Å². The van der Waals surface area contributed by atoms with Crippen molar-refractivity contribution in [2.75, 3.05) is 6.61 Å². The van der Waals surface area contributed by atoms with Crippen molar-refractivity contribution >= 4 is 8.69 Å². The monoisotopic (exact) mass is 148 g/mol. The minimum atomic E-state index is -0.194. The Morgan fingerprint density at radius 2 is 2.33 bits per heavy atom. The largest absolute Gasteiger partial charge is 0.327 e. The summed E-state index contributed by atoms with van der Waals surface area (Å²) in [6, 6.07) is 0. The minimum absolute atomic E-state index is 0.194. The van der Waals surface area contributed by atoms with Gasteiger partial charge in [0.25, 0.3) is 0 Å². The van der Waals surface area contributed by atoms with E-state index in [2.05, 4.69) is 18.4 Å². The molecule has 1 atom stereocenters. The van der Waals surface area contributed by atoms with Crippen LogP contribution in [0.5, 0.6) is 0 Å². The Kier molecular flexibility index (Phi) is 6.23. The van der Waals surface area contributed by atoms with Gasteiger partial charge in [-0.1, -0.05) is 20.3 Å². The number of rotatable bonds is 5. The smallest absolute Gasteiger partial charge is 0.294 e. The second kappa shape index (κ2) is 6.18. The molecule has 0 spiro atoms. The highest BCUT2D eigenvalue weighted by Crippen LogP contribution is 2.07. The Labute approximate surface area is 57.9 Å². The Bertz CT molecular complexity index is 75.5. The van der Waals surface area contributed by atoms with E-state index >= 15 is 0 Å². The summed E-state index contributed by atoms with van der Waals surface area (Å²) >= 11 is 0. The normalized spacial score (nSPS) is 14.0. The predicted molar refractivity (Wildman–Crippen MR) is 37.6 cm³/mol. The van der Waals surface area contributed by atoms with Crippen molar-refractivity contribution in [1.29, 1.82) is 0 Å². The topological polar surface area (TPSA) is 26.3 Å². The molecular formula is C6H13O2P. The lowest BCUT2D eigenvalue weighted by Gasteiger charge is -2.03. The lowest BCUT2D eigenvalue weighted by molar-refractivity contribution is 0.303. The maximum atomic E-state index is 9.75. The van der Waals surface area contributed by atoms with Gasteiger partial charge in [0.2, 0.25) is 0 Å². The van der Waals surface area contributed by atoms with Crippen LogP contribution in [0.3, 0.4) is 0 Å². The molecule has 0 radical (unpaired) electrons. The maximum Gasteiger partial charge on any atom is 0.327 e. The van der Waals surface area contributed by atoms with Gasteiger partial charge in [-0.25, -0.2) is 4.57 Å². The van der Waals surface area contributed by atoms with Crippen molar-refractivity contribution in [3.8, 4) is 0 Å². The molecule has 3 heteroatoms. The molecule has 9 heavy (non-hydrogen) atoms. The molecule has 0 bridgehead atoms. The summed E-state index contributed by atoms with van der Waals surface area (Å²) in [5, 5.41) is 0. The van der Waals surface area contributed by atoms with Gasteiger partial charge in [0.1, 0.15) is 0 Å². The van der Waals surface area contributed by atoms with E-state index in [-0.39, 0.29) is 8.69 Å². The van der Waals surface area contributed by atoms with Crippen LogP contribution in [-0.2, 0) is 9.09 Å². The van der Waals surface area contributed by atoms with Crippen LogP contribution in [0.2, 0.25) is 0 Å². The van der Waals surface area contributed by atoms with Gasteiger partial charge in [-0.15, -0.1) is 0 Å². The first-order chi connectivity index (χ1) is 4.31. The van der Waals surface area contributed by atoms with Crippen LogP contribution in [0.25, 0.3) is 0 Å². The van der Waals surface area contributed by atoms with E-state index in [9.17, 15) is 4.57 Å². The van der Waals surface area contributed by atoms with Crippen molar-refractivity contribution < 1.29 is 9.09 Å². The molecule has 0 aliphatic carbocycles. The third-order valence-electron chi connectivity index (χ3n) is 1.45. The molecule has 2 nitrogen and oxygen atoms in total. The van der Waals surface area contributed by atoms with Crippen LogP contribution in [0.1, 0.15) is 26.7 Å². The average molecular weight is 148 g/mol. The first kappa shape index (κ1) is 9.06.